The van der Waals surface area contributed by atoms with E-state index in [9.17, 15) is 9.59 Å². The fourth-order valence-corrected chi connectivity index (χ4v) is 3.98. The number of fused-ring (bicyclic) bond motifs is 1. The number of hydrogen-bond donors (Lipinski definition) is 0. The minimum atomic E-state index is -0.460. The first-order chi connectivity index (χ1) is 12.0. The van der Waals surface area contributed by atoms with Crippen molar-refractivity contribution in [2.45, 2.75) is 13.5 Å². The molecule has 0 amide bonds. The second-order valence-electron chi connectivity index (χ2n) is 5.43. The number of nitrogens with zero attached hydrogens (tertiary/aromatic N) is 2. The van der Waals surface area contributed by atoms with Crippen molar-refractivity contribution >= 4 is 43.5 Å². The number of benzene rings is 1. The first-order valence-corrected chi connectivity index (χ1v) is 9.13. The highest BCUT2D eigenvalue weighted by molar-refractivity contribution is 9.10. The molecule has 0 N–H and O–H groups in total. The first kappa shape index (κ1) is 17.6. The largest absolute Gasteiger partial charge is 0.457 e. The molecule has 0 saturated carbocycles. The number of aromatic nitrogens is 2. The van der Waals surface area contributed by atoms with Gasteiger partial charge in [-0.2, -0.15) is 0 Å². The van der Waals surface area contributed by atoms with Crippen molar-refractivity contribution in [2.75, 3.05) is 6.61 Å². The quantitative estimate of drug-likeness (QED) is 0.465. The van der Waals surface area contributed by atoms with Crippen molar-refractivity contribution in [3.63, 3.8) is 0 Å². The molecule has 3 aromatic rings. The Kier molecular flexibility index (Phi) is 5.15. The van der Waals surface area contributed by atoms with E-state index in [1.807, 2.05) is 24.3 Å². The average Bonchev–Trinajstić information content (AvgIpc) is 2.93. The number of hydrogen-bond acceptors (Lipinski definition) is 5. The van der Waals surface area contributed by atoms with E-state index in [1.165, 1.54) is 23.7 Å². The normalized spacial score (nSPS) is 10.8. The van der Waals surface area contributed by atoms with Crippen LogP contribution in [0.15, 0.2) is 52.5 Å². The van der Waals surface area contributed by atoms with Crippen LogP contribution in [0.3, 0.4) is 0 Å². The first-order valence-electron chi connectivity index (χ1n) is 7.52. The topological polar surface area (TPSA) is 61.2 Å². The third-order valence-electron chi connectivity index (χ3n) is 3.68. The number of ether oxygens (including phenoxy) is 1. The predicted molar refractivity (Wildman–Crippen MR) is 102 cm³/mol. The second kappa shape index (κ2) is 7.33. The molecule has 0 spiro atoms. The lowest BCUT2D eigenvalue weighted by atomic mass is 10.2. The minimum Gasteiger partial charge on any atom is -0.457 e. The van der Waals surface area contributed by atoms with Crippen LogP contribution in [0.5, 0.6) is 0 Å². The number of carbonyl (C=O) groups is 1. The molecule has 5 nitrogen and oxygen atoms in total. The molecule has 2 heterocycles. The zero-order valence-electron chi connectivity index (χ0n) is 13.5. The molecule has 0 saturated heterocycles. The maximum absolute atomic E-state index is 12.8. The van der Waals surface area contributed by atoms with Crippen molar-refractivity contribution in [1.82, 2.24) is 9.55 Å². The molecule has 0 aliphatic rings. The lowest BCUT2D eigenvalue weighted by molar-refractivity contribution is 0.0555. The monoisotopic (exact) mass is 418 g/mol. The van der Waals surface area contributed by atoms with Gasteiger partial charge in [0.05, 0.1) is 18.3 Å². The van der Waals surface area contributed by atoms with Crippen LogP contribution in [0, 0.1) is 6.92 Å². The van der Waals surface area contributed by atoms with E-state index in [1.54, 1.807) is 11.5 Å². The summed E-state index contributed by atoms with van der Waals surface area (Å²) >= 11 is 4.60. The molecule has 0 aliphatic heterocycles. The van der Waals surface area contributed by atoms with Crippen LogP contribution < -0.4 is 5.56 Å². The van der Waals surface area contributed by atoms with Gasteiger partial charge in [0.2, 0.25) is 0 Å². The summed E-state index contributed by atoms with van der Waals surface area (Å²) in [5, 5.41) is 0.466. The molecule has 0 radical (unpaired) electrons. The molecule has 25 heavy (non-hydrogen) atoms. The Morgan fingerprint density at radius 1 is 1.48 bits per heavy atom. The zero-order chi connectivity index (χ0) is 18.0. The lowest BCUT2D eigenvalue weighted by Gasteiger charge is -2.06. The summed E-state index contributed by atoms with van der Waals surface area (Å²) in [6, 6.07) is 7.74. The van der Waals surface area contributed by atoms with Gasteiger partial charge in [-0.1, -0.05) is 40.7 Å². The van der Waals surface area contributed by atoms with Crippen LogP contribution in [-0.2, 0) is 11.3 Å². The smallest absolute Gasteiger partial charge is 0.348 e. The van der Waals surface area contributed by atoms with Crippen LogP contribution >= 0.6 is 27.3 Å². The lowest BCUT2D eigenvalue weighted by Crippen LogP contribution is -2.21. The third kappa shape index (κ3) is 3.57. The van der Waals surface area contributed by atoms with Gasteiger partial charge in [-0.05, 0) is 30.2 Å². The van der Waals surface area contributed by atoms with E-state index in [0.29, 0.717) is 27.2 Å². The van der Waals surface area contributed by atoms with E-state index >= 15 is 0 Å². The van der Waals surface area contributed by atoms with Crippen molar-refractivity contribution in [3.8, 4) is 0 Å². The van der Waals surface area contributed by atoms with Gasteiger partial charge in [-0.3, -0.25) is 9.36 Å². The summed E-state index contributed by atoms with van der Waals surface area (Å²) in [5.41, 5.74) is 1.42. The minimum absolute atomic E-state index is 0.132. The highest BCUT2D eigenvalue weighted by Crippen LogP contribution is 2.27. The van der Waals surface area contributed by atoms with Gasteiger partial charge in [-0.15, -0.1) is 11.3 Å². The van der Waals surface area contributed by atoms with Crippen molar-refractivity contribution in [1.29, 1.82) is 0 Å². The van der Waals surface area contributed by atoms with Crippen LogP contribution in [0.25, 0.3) is 10.2 Å². The third-order valence-corrected chi connectivity index (χ3v) is 5.35. The van der Waals surface area contributed by atoms with Gasteiger partial charge in [0, 0.05) is 4.47 Å². The Hall–Kier alpha value is -2.25. The summed E-state index contributed by atoms with van der Waals surface area (Å²) in [7, 11) is 0. The van der Waals surface area contributed by atoms with Crippen molar-refractivity contribution in [2.24, 2.45) is 0 Å². The van der Waals surface area contributed by atoms with Gasteiger partial charge in [-0.25, -0.2) is 9.78 Å². The number of esters is 1. The van der Waals surface area contributed by atoms with Crippen LogP contribution in [-0.4, -0.2) is 22.1 Å². The van der Waals surface area contributed by atoms with Gasteiger partial charge >= 0.3 is 5.97 Å². The van der Waals surface area contributed by atoms with E-state index in [0.717, 1.165) is 10.0 Å². The molecule has 0 unspecified atom stereocenters. The average molecular weight is 419 g/mol. The number of thiophene rings is 1. The summed E-state index contributed by atoms with van der Waals surface area (Å²) in [6.45, 7) is 5.81. The van der Waals surface area contributed by atoms with Crippen LogP contribution in [0.2, 0.25) is 0 Å². The summed E-state index contributed by atoms with van der Waals surface area (Å²) in [5.74, 6) is -0.460. The van der Waals surface area contributed by atoms with Gasteiger partial charge in [0.1, 0.15) is 16.3 Å². The Labute approximate surface area is 156 Å². The fraction of sp³-hybridized carbons (Fsp3) is 0.167. The standard InChI is InChI=1S/C18H15BrN2O3S/c1-3-7-24-18(23)15-11(2)14-16(25-15)20-10-21(17(14)22)9-12-5-4-6-13(19)8-12/h3-6,8,10H,1,7,9H2,2H3. The molecule has 0 aliphatic carbocycles. The van der Waals surface area contributed by atoms with Crippen LogP contribution in [0.1, 0.15) is 20.8 Å². The maximum Gasteiger partial charge on any atom is 0.348 e. The number of aryl methyl sites for hydroxylation is 1. The SMILES string of the molecule is C=CCOC(=O)c1sc2ncn(Cc3cccc(Br)c3)c(=O)c2c1C. The molecular formula is C18H15BrN2O3S. The van der Waals surface area contributed by atoms with E-state index in [4.69, 9.17) is 4.74 Å². The molecule has 128 valence electrons. The summed E-state index contributed by atoms with van der Waals surface area (Å²) in [4.78, 5) is 30.2. The predicted octanol–water partition coefficient (Wildman–Crippen LogP) is 3.92. The second-order valence-corrected chi connectivity index (χ2v) is 7.35. The Morgan fingerprint density at radius 3 is 3.00 bits per heavy atom. The Bertz CT molecular complexity index is 1020. The van der Waals surface area contributed by atoms with Gasteiger partial charge < -0.3 is 4.74 Å². The highest BCUT2D eigenvalue weighted by atomic mass is 79.9. The van der Waals surface area contributed by atoms with Crippen molar-refractivity contribution < 1.29 is 9.53 Å². The Balaban J connectivity index is 2.02. The molecule has 0 fully saturated rings. The molecule has 7 heteroatoms. The molecule has 3 rings (SSSR count). The fourth-order valence-electron chi connectivity index (χ4n) is 2.50. The zero-order valence-corrected chi connectivity index (χ0v) is 15.9. The molecule has 0 atom stereocenters. The molecule has 0 bridgehead atoms. The van der Waals surface area contributed by atoms with E-state index in [2.05, 4.69) is 27.5 Å². The van der Waals surface area contributed by atoms with Crippen LogP contribution in [0.4, 0.5) is 0 Å². The molecule has 1 aromatic carbocycles. The highest BCUT2D eigenvalue weighted by Gasteiger charge is 2.20. The van der Waals surface area contributed by atoms with E-state index in [-0.39, 0.29) is 12.2 Å². The van der Waals surface area contributed by atoms with Crippen molar-refractivity contribution in [3.05, 3.63) is 74.1 Å². The van der Waals surface area contributed by atoms with Gasteiger partial charge in [0.25, 0.3) is 5.56 Å². The maximum atomic E-state index is 12.8. The number of rotatable bonds is 5. The van der Waals surface area contributed by atoms with Gasteiger partial charge in [0.15, 0.2) is 0 Å². The summed E-state index contributed by atoms with van der Waals surface area (Å²) in [6.07, 6.45) is 3.02. The Morgan fingerprint density at radius 2 is 2.28 bits per heavy atom. The molecular weight excluding hydrogens is 404 g/mol. The number of carbonyl (C=O) groups excluding carboxylic acids is 1. The van der Waals surface area contributed by atoms with E-state index < -0.39 is 5.97 Å². The summed E-state index contributed by atoms with van der Waals surface area (Å²) < 4.78 is 7.57. The number of halogens is 1. The molecule has 2 aromatic heterocycles.